The Kier molecular flexibility index (Phi) is 5.17. The summed E-state index contributed by atoms with van der Waals surface area (Å²) in [6.07, 6.45) is 2.83. The van der Waals surface area contributed by atoms with Crippen molar-refractivity contribution < 1.29 is 8.42 Å². The third-order valence-electron chi connectivity index (χ3n) is 3.11. The summed E-state index contributed by atoms with van der Waals surface area (Å²) in [5.74, 6) is 0. The van der Waals surface area contributed by atoms with Gasteiger partial charge in [0.15, 0.2) is 0 Å². The molecule has 1 heterocycles. The molecule has 1 N–H and O–H groups in total. The zero-order valence-electron chi connectivity index (χ0n) is 10.4. The fraction of sp³-hybridized carbons (Fsp3) is 1.00. The van der Waals surface area contributed by atoms with E-state index in [1.54, 1.807) is 11.4 Å². The first-order valence-electron chi connectivity index (χ1n) is 5.91. The van der Waals surface area contributed by atoms with Crippen LogP contribution in [0.25, 0.3) is 0 Å². The zero-order valence-corrected chi connectivity index (χ0v) is 11.3. The largest absolute Gasteiger partial charge is 0.316 e. The van der Waals surface area contributed by atoms with Crippen LogP contribution < -0.4 is 5.32 Å². The van der Waals surface area contributed by atoms with Crippen LogP contribution in [0.5, 0.6) is 0 Å². The first kappa shape index (κ1) is 13.9. The molecule has 0 aromatic carbocycles. The minimum absolute atomic E-state index is 0.300. The van der Waals surface area contributed by atoms with E-state index in [9.17, 15) is 8.42 Å². The second-order valence-corrected chi connectivity index (χ2v) is 6.35. The molecule has 0 radical (unpaired) electrons. The molecular weight excluding hydrogens is 226 g/mol. The highest BCUT2D eigenvalue weighted by Crippen LogP contribution is 2.16. The normalized spacial score (nSPS) is 23.1. The first-order valence-corrected chi connectivity index (χ1v) is 7.30. The van der Waals surface area contributed by atoms with Crippen LogP contribution in [0.2, 0.25) is 0 Å². The van der Waals surface area contributed by atoms with Crippen molar-refractivity contribution in [1.29, 1.82) is 0 Å². The third-order valence-corrected chi connectivity index (χ3v) is 5.06. The molecule has 0 aliphatic carbocycles. The molecule has 0 amide bonds. The average Bonchev–Trinajstić information content (AvgIpc) is 2.74. The lowest BCUT2D eigenvalue weighted by molar-refractivity contribution is 0.386. The van der Waals surface area contributed by atoms with Gasteiger partial charge in [0.2, 0.25) is 0 Å². The predicted molar refractivity (Wildman–Crippen MR) is 65.5 cm³/mol. The van der Waals surface area contributed by atoms with Gasteiger partial charge in [0, 0.05) is 32.7 Å². The predicted octanol–water partition coefficient (Wildman–Crippen LogP) is 0.257. The first-order chi connectivity index (χ1) is 7.52. The number of hydrogen-bond acceptors (Lipinski definition) is 3. The number of unbranched alkanes of at least 4 members (excludes halogenated alkanes) is 1. The van der Waals surface area contributed by atoms with Crippen LogP contribution in [0.3, 0.4) is 0 Å². The molecule has 0 bridgehead atoms. The standard InChI is InChI=1S/C10H23N3O2S/c1-4-5-7-12(3)16(14,15)13-8-6-10(9-13)11-2/h10-11H,4-9H2,1-3H3. The van der Waals surface area contributed by atoms with Crippen molar-refractivity contribution in [2.75, 3.05) is 33.7 Å². The zero-order chi connectivity index (χ0) is 12.2. The molecule has 5 nitrogen and oxygen atoms in total. The summed E-state index contributed by atoms with van der Waals surface area (Å²) in [5, 5.41) is 3.12. The molecule has 0 aromatic heterocycles. The van der Waals surface area contributed by atoms with Crippen LogP contribution in [0, 0.1) is 0 Å². The Morgan fingerprint density at radius 1 is 1.50 bits per heavy atom. The Balaban J connectivity index is 2.57. The minimum atomic E-state index is -3.23. The molecule has 1 atom stereocenters. The molecule has 1 unspecified atom stereocenters. The van der Waals surface area contributed by atoms with E-state index in [4.69, 9.17) is 0 Å². The van der Waals surface area contributed by atoms with Crippen molar-refractivity contribution in [3.63, 3.8) is 0 Å². The van der Waals surface area contributed by atoms with Gasteiger partial charge in [-0.3, -0.25) is 0 Å². The van der Waals surface area contributed by atoms with Gasteiger partial charge in [-0.1, -0.05) is 13.3 Å². The van der Waals surface area contributed by atoms with E-state index in [0.717, 1.165) is 19.3 Å². The van der Waals surface area contributed by atoms with Crippen LogP contribution in [0.1, 0.15) is 26.2 Å². The van der Waals surface area contributed by atoms with E-state index in [0.29, 0.717) is 25.7 Å². The molecule has 1 aliphatic heterocycles. The van der Waals surface area contributed by atoms with Gasteiger partial charge in [-0.2, -0.15) is 17.0 Å². The van der Waals surface area contributed by atoms with Crippen molar-refractivity contribution in [3.05, 3.63) is 0 Å². The van der Waals surface area contributed by atoms with Crippen LogP contribution in [-0.4, -0.2) is 56.8 Å². The van der Waals surface area contributed by atoms with Gasteiger partial charge < -0.3 is 5.32 Å². The SMILES string of the molecule is CCCCN(C)S(=O)(=O)N1CCC(NC)C1. The van der Waals surface area contributed by atoms with Crippen molar-refractivity contribution in [3.8, 4) is 0 Å². The third kappa shape index (κ3) is 3.16. The summed E-state index contributed by atoms with van der Waals surface area (Å²) in [6.45, 7) is 3.90. The summed E-state index contributed by atoms with van der Waals surface area (Å²) in [4.78, 5) is 0. The van der Waals surface area contributed by atoms with Crippen LogP contribution in [0.15, 0.2) is 0 Å². The Hall–Kier alpha value is -0.170. The highest BCUT2D eigenvalue weighted by Gasteiger charge is 2.32. The lowest BCUT2D eigenvalue weighted by Crippen LogP contribution is -2.42. The summed E-state index contributed by atoms with van der Waals surface area (Å²) in [7, 11) is 0.314. The van der Waals surface area contributed by atoms with E-state index < -0.39 is 10.2 Å². The van der Waals surface area contributed by atoms with Gasteiger partial charge in [-0.05, 0) is 19.9 Å². The molecule has 1 fully saturated rings. The van der Waals surface area contributed by atoms with Crippen molar-refractivity contribution >= 4 is 10.2 Å². The lowest BCUT2D eigenvalue weighted by Gasteiger charge is -2.23. The molecular formula is C10H23N3O2S. The Bertz CT molecular complexity index is 305. The molecule has 0 aromatic rings. The maximum absolute atomic E-state index is 12.1. The van der Waals surface area contributed by atoms with Crippen LogP contribution in [0.4, 0.5) is 0 Å². The summed E-state index contributed by atoms with van der Waals surface area (Å²) < 4.78 is 27.3. The Morgan fingerprint density at radius 3 is 2.69 bits per heavy atom. The molecule has 6 heteroatoms. The van der Waals surface area contributed by atoms with Gasteiger partial charge in [0.25, 0.3) is 10.2 Å². The Labute approximate surface area is 99.0 Å². The van der Waals surface area contributed by atoms with E-state index in [1.165, 1.54) is 4.31 Å². The number of likely N-dealkylation sites (N-methyl/N-ethyl adjacent to an activating group) is 1. The maximum Gasteiger partial charge on any atom is 0.281 e. The fourth-order valence-corrected chi connectivity index (χ4v) is 3.33. The van der Waals surface area contributed by atoms with Crippen LogP contribution >= 0.6 is 0 Å². The smallest absolute Gasteiger partial charge is 0.281 e. The lowest BCUT2D eigenvalue weighted by atomic mass is 10.3. The quantitative estimate of drug-likeness (QED) is 0.734. The summed E-state index contributed by atoms with van der Waals surface area (Å²) in [5.41, 5.74) is 0. The minimum Gasteiger partial charge on any atom is -0.316 e. The van der Waals surface area contributed by atoms with Crippen molar-refractivity contribution in [1.82, 2.24) is 13.9 Å². The Morgan fingerprint density at radius 2 is 2.19 bits per heavy atom. The van der Waals surface area contributed by atoms with E-state index in [1.807, 2.05) is 7.05 Å². The van der Waals surface area contributed by atoms with Gasteiger partial charge in [-0.25, -0.2) is 0 Å². The van der Waals surface area contributed by atoms with E-state index in [-0.39, 0.29) is 0 Å². The van der Waals surface area contributed by atoms with E-state index in [2.05, 4.69) is 12.2 Å². The number of rotatable bonds is 6. The van der Waals surface area contributed by atoms with Gasteiger partial charge in [0.05, 0.1) is 0 Å². The second kappa shape index (κ2) is 5.95. The molecule has 16 heavy (non-hydrogen) atoms. The summed E-state index contributed by atoms with van der Waals surface area (Å²) >= 11 is 0. The van der Waals surface area contributed by atoms with Crippen molar-refractivity contribution in [2.45, 2.75) is 32.2 Å². The average molecular weight is 249 g/mol. The van der Waals surface area contributed by atoms with Gasteiger partial charge in [-0.15, -0.1) is 0 Å². The number of hydrogen-bond donors (Lipinski definition) is 1. The molecule has 96 valence electrons. The van der Waals surface area contributed by atoms with Crippen molar-refractivity contribution in [2.24, 2.45) is 0 Å². The number of nitrogens with zero attached hydrogens (tertiary/aromatic N) is 2. The second-order valence-electron chi connectivity index (χ2n) is 4.32. The van der Waals surface area contributed by atoms with Crippen LogP contribution in [-0.2, 0) is 10.2 Å². The highest BCUT2D eigenvalue weighted by molar-refractivity contribution is 7.86. The monoisotopic (exact) mass is 249 g/mol. The summed E-state index contributed by atoms with van der Waals surface area (Å²) in [6, 6.07) is 0.300. The fourth-order valence-electron chi connectivity index (χ4n) is 1.87. The topological polar surface area (TPSA) is 52.7 Å². The molecule has 1 rings (SSSR count). The molecule has 1 aliphatic rings. The highest BCUT2D eigenvalue weighted by atomic mass is 32.2. The molecule has 0 saturated carbocycles. The van der Waals surface area contributed by atoms with Gasteiger partial charge >= 0.3 is 0 Å². The number of nitrogens with one attached hydrogen (secondary N) is 1. The molecule has 1 saturated heterocycles. The van der Waals surface area contributed by atoms with E-state index >= 15 is 0 Å². The maximum atomic E-state index is 12.1. The molecule has 0 spiro atoms. The van der Waals surface area contributed by atoms with Gasteiger partial charge in [0.1, 0.15) is 0 Å².